The minimum Gasteiger partial charge on any atom is -0.399 e. The Morgan fingerprint density at radius 1 is 1.48 bits per heavy atom. The number of rotatable bonds is 3. The molecule has 3 rings (SSSR count). The molecular formula is C17H21BrN4O. The molecular weight excluding hydrogens is 356 g/mol. The predicted octanol–water partition coefficient (Wildman–Crippen LogP) is 3.69. The third-order valence-electron chi connectivity index (χ3n) is 4.31. The molecule has 23 heavy (non-hydrogen) atoms. The third kappa shape index (κ3) is 3.13. The van der Waals surface area contributed by atoms with Crippen LogP contribution in [0, 0.1) is 0 Å². The zero-order chi connectivity index (χ0) is 16.6. The number of aromatic amines is 1. The predicted molar refractivity (Wildman–Crippen MR) is 94.4 cm³/mol. The van der Waals surface area contributed by atoms with Crippen molar-refractivity contribution in [1.29, 1.82) is 0 Å². The van der Waals surface area contributed by atoms with E-state index in [1.807, 2.05) is 18.2 Å². The van der Waals surface area contributed by atoms with Gasteiger partial charge in [0.25, 0.3) is 5.91 Å². The van der Waals surface area contributed by atoms with Gasteiger partial charge in [0.05, 0.1) is 16.2 Å². The number of nitrogens with one attached hydrogen (secondary N) is 2. The highest BCUT2D eigenvalue weighted by Crippen LogP contribution is 2.32. The maximum absolute atomic E-state index is 12.6. The lowest BCUT2D eigenvalue weighted by molar-refractivity contribution is 0.0927. The summed E-state index contributed by atoms with van der Waals surface area (Å²) in [7, 11) is 0. The molecule has 1 aromatic carbocycles. The van der Waals surface area contributed by atoms with Crippen molar-refractivity contribution in [3.8, 4) is 0 Å². The van der Waals surface area contributed by atoms with Crippen LogP contribution in [-0.4, -0.2) is 16.1 Å². The molecule has 1 heterocycles. The van der Waals surface area contributed by atoms with E-state index in [2.05, 4.69) is 45.3 Å². The molecule has 1 unspecified atom stereocenters. The van der Waals surface area contributed by atoms with Gasteiger partial charge in [0.2, 0.25) is 0 Å². The summed E-state index contributed by atoms with van der Waals surface area (Å²) in [4.78, 5) is 12.6. The number of amides is 1. The van der Waals surface area contributed by atoms with Gasteiger partial charge >= 0.3 is 0 Å². The Balaban J connectivity index is 1.82. The number of hydrogen-bond acceptors (Lipinski definition) is 3. The van der Waals surface area contributed by atoms with E-state index < -0.39 is 0 Å². The fraction of sp³-hybridized carbons (Fsp3) is 0.412. The Labute approximate surface area is 144 Å². The molecule has 1 aliphatic rings. The molecule has 6 heteroatoms. The largest absolute Gasteiger partial charge is 0.399 e. The molecule has 2 aromatic rings. The number of aromatic nitrogens is 2. The van der Waals surface area contributed by atoms with Gasteiger partial charge in [-0.25, -0.2) is 0 Å². The summed E-state index contributed by atoms with van der Waals surface area (Å²) in [5.41, 5.74) is 10.4. The molecule has 0 fully saturated rings. The van der Waals surface area contributed by atoms with Crippen molar-refractivity contribution >= 4 is 27.5 Å². The van der Waals surface area contributed by atoms with Crippen molar-refractivity contribution in [2.24, 2.45) is 0 Å². The van der Waals surface area contributed by atoms with E-state index in [9.17, 15) is 4.79 Å². The van der Waals surface area contributed by atoms with Crippen LogP contribution >= 0.6 is 15.9 Å². The van der Waals surface area contributed by atoms with Gasteiger partial charge < -0.3 is 11.1 Å². The Kier molecular flexibility index (Phi) is 4.43. The van der Waals surface area contributed by atoms with Gasteiger partial charge in [-0.1, -0.05) is 19.9 Å². The van der Waals surface area contributed by atoms with Gasteiger partial charge in [0.15, 0.2) is 5.69 Å². The quantitative estimate of drug-likeness (QED) is 0.714. The first-order chi connectivity index (χ1) is 11.0. The number of carbonyl (C=O) groups excluding carboxylic acids is 1. The summed E-state index contributed by atoms with van der Waals surface area (Å²) in [5.74, 6) is 0.117. The first kappa shape index (κ1) is 16.1. The van der Waals surface area contributed by atoms with E-state index in [4.69, 9.17) is 5.73 Å². The van der Waals surface area contributed by atoms with E-state index in [1.54, 1.807) is 0 Å². The summed E-state index contributed by atoms with van der Waals surface area (Å²) in [5, 5.41) is 10.2. The minimum absolute atomic E-state index is 0.0120. The molecule has 0 aliphatic heterocycles. The summed E-state index contributed by atoms with van der Waals surface area (Å²) < 4.78 is 0.748. The fourth-order valence-electron chi connectivity index (χ4n) is 3.09. The van der Waals surface area contributed by atoms with Crippen molar-refractivity contribution in [2.75, 3.05) is 5.73 Å². The van der Waals surface area contributed by atoms with Gasteiger partial charge in [-0.05, 0) is 64.4 Å². The van der Waals surface area contributed by atoms with E-state index in [0.717, 1.165) is 40.7 Å². The highest BCUT2D eigenvalue weighted by Gasteiger charge is 2.25. The van der Waals surface area contributed by atoms with E-state index >= 15 is 0 Å². The lowest BCUT2D eigenvalue weighted by Crippen LogP contribution is -2.31. The highest BCUT2D eigenvalue weighted by atomic mass is 79.9. The van der Waals surface area contributed by atoms with E-state index in [0.29, 0.717) is 5.69 Å². The Morgan fingerprint density at radius 2 is 2.26 bits per heavy atom. The van der Waals surface area contributed by atoms with E-state index in [1.165, 1.54) is 5.56 Å². The zero-order valence-corrected chi connectivity index (χ0v) is 14.9. The summed E-state index contributed by atoms with van der Waals surface area (Å²) in [6.07, 6.45) is 2.98. The molecule has 1 atom stereocenters. The normalized spacial score (nSPS) is 17.1. The van der Waals surface area contributed by atoms with Gasteiger partial charge in [-0.3, -0.25) is 9.89 Å². The first-order valence-corrected chi connectivity index (χ1v) is 8.69. The highest BCUT2D eigenvalue weighted by molar-refractivity contribution is 9.10. The standard InChI is InChI=1S/C17H21BrN4O/c1-9(2)15-14(18)16(22-21-15)17(23)20-13-5-3-4-10-8-11(19)6-7-12(10)13/h6-9,13H,3-5,19H2,1-2H3,(H,20,23)(H,21,22). The maximum Gasteiger partial charge on any atom is 0.273 e. The van der Waals surface area contributed by atoms with E-state index in [-0.39, 0.29) is 17.9 Å². The van der Waals surface area contributed by atoms with Crippen molar-refractivity contribution in [1.82, 2.24) is 15.5 Å². The summed E-state index contributed by atoms with van der Waals surface area (Å²) >= 11 is 3.49. The second-order valence-electron chi connectivity index (χ2n) is 6.33. The Morgan fingerprint density at radius 3 is 2.96 bits per heavy atom. The number of hydrogen-bond donors (Lipinski definition) is 3. The van der Waals surface area contributed by atoms with Crippen LogP contribution in [0.4, 0.5) is 5.69 Å². The molecule has 0 spiro atoms. The Bertz CT molecular complexity index is 738. The lowest BCUT2D eigenvalue weighted by atomic mass is 9.87. The number of aryl methyl sites for hydroxylation is 1. The molecule has 0 saturated heterocycles. The average Bonchev–Trinajstić information content (AvgIpc) is 2.89. The van der Waals surface area contributed by atoms with Crippen molar-refractivity contribution < 1.29 is 4.79 Å². The van der Waals surface area contributed by atoms with Gasteiger partial charge in [0.1, 0.15) is 0 Å². The van der Waals surface area contributed by atoms with Crippen molar-refractivity contribution in [3.05, 3.63) is 45.2 Å². The minimum atomic E-state index is -0.158. The number of nitrogens with two attached hydrogens (primary N) is 1. The molecule has 4 N–H and O–H groups in total. The smallest absolute Gasteiger partial charge is 0.273 e. The van der Waals surface area contributed by atoms with Crippen LogP contribution in [0.1, 0.15) is 66.0 Å². The number of halogens is 1. The van der Waals surface area contributed by atoms with Crippen LogP contribution in [-0.2, 0) is 6.42 Å². The molecule has 1 aromatic heterocycles. The molecule has 1 amide bonds. The Hall–Kier alpha value is -1.82. The first-order valence-electron chi connectivity index (χ1n) is 7.90. The van der Waals surface area contributed by atoms with Crippen LogP contribution < -0.4 is 11.1 Å². The SMILES string of the molecule is CC(C)c1[nH]nc(C(=O)NC2CCCc3cc(N)ccc32)c1Br. The molecule has 122 valence electrons. The van der Waals surface area contributed by atoms with Gasteiger partial charge in [-0.15, -0.1) is 0 Å². The fourth-order valence-corrected chi connectivity index (χ4v) is 3.90. The molecule has 5 nitrogen and oxygen atoms in total. The van der Waals surface area contributed by atoms with Crippen LogP contribution in [0.15, 0.2) is 22.7 Å². The summed E-state index contributed by atoms with van der Waals surface area (Å²) in [6, 6.07) is 5.94. The lowest BCUT2D eigenvalue weighted by Gasteiger charge is -2.26. The molecule has 0 bridgehead atoms. The number of nitrogens with zero attached hydrogens (tertiary/aromatic N) is 1. The molecule has 1 aliphatic carbocycles. The van der Waals surface area contributed by atoms with Crippen LogP contribution in [0.2, 0.25) is 0 Å². The average molecular weight is 377 g/mol. The second kappa shape index (κ2) is 6.35. The number of benzene rings is 1. The number of H-pyrrole nitrogens is 1. The van der Waals surface area contributed by atoms with Crippen molar-refractivity contribution in [2.45, 2.75) is 45.1 Å². The van der Waals surface area contributed by atoms with Gasteiger partial charge in [0, 0.05) is 5.69 Å². The van der Waals surface area contributed by atoms with Crippen LogP contribution in [0.25, 0.3) is 0 Å². The zero-order valence-electron chi connectivity index (χ0n) is 13.3. The topological polar surface area (TPSA) is 83.8 Å². The maximum atomic E-state index is 12.6. The van der Waals surface area contributed by atoms with Crippen LogP contribution in [0.5, 0.6) is 0 Å². The number of nitrogen functional groups attached to an aromatic ring is 1. The summed E-state index contributed by atoms with van der Waals surface area (Å²) in [6.45, 7) is 4.11. The third-order valence-corrected chi connectivity index (χ3v) is 5.11. The van der Waals surface area contributed by atoms with Crippen molar-refractivity contribution in [3.63, 3.8) is 0 Å². The van der Waals surface area contributed by atoms with Crippen LogP contribution in [0.3, 0.4) is 0 Å². The number of anilines is 1. The molecule has 0 saturated carbocycles. The molecule has 0 radical (unpaired) electrons. The monoisotopic (exact) mass is 376 g/mol. The number of fused-ring (bicyclic) bond motifs is 1. The second-order valence-corrected chi connectivity index (χ2v) is 7.12. The number of carbonyl (C=O) groups is 1. The van der Waals surface area contributed by atoms with Gasteiger partial charge in [-0.2, -0.15) is 5.10 Å².